The molecule has 0 aliphatic carbocycles. The molecule has 5 rings (SSSR count). The molecule has 0 bridgehead atoms. The summed E-state index contributed by atoms with van der Waals surface area (Å²) in [5.41, 5.74) is 3.63. The molecule has 0 radical (unpaired) electrons. The zero-order chi connectivity index (χ0) is 22.4. The molecule has 0 saturated carbocycles. The maximum Gasteiger partial charge on any atom is 0.335 e. The van der Waals surface area contributed by atoms with Gasteiger partial charge in [0.15, 0.2) is 0 Å². The number of nitrogens with zero attached hydrogens (tertiary/aromatic N) is 3. The zero-order valence-electron chi connectivity index (χ0n) is 17.5. The van der Waals surface area contributed by atoms with Gasteiger partial charge in [0, 0.05) is 17.9 Å². The van der Waals surface area contributed by atoms with E-state index < -0.39 is 5.97 Å². The molecule has 2 aromatic carbocycles. The number of aromatic carboxylic acids is 1. The molecule has 0 spiro atoms. The number of ether oxygens (including phenoxy) is 1. The van der Waals surface area contributed by atoms with Gasteiger partial charge >= 0.3 is 5.97 Å². The number of carbonyl (C=O) groups excluding carboxylic acids is 1. The lowest BCUT2D eigenvalue weighted by Gasteiger charge is -2.24. The van der Waals surface area contributed by atoms with E-state index in [1.165, 1.54) is 11.3 Å². The van der Waals surface area contributed by atoms with Crippen LogP contribution in [-0.2, 0) is 4.79 Å². The van der Waals surface area contributed by atoms with Gasteiger partial charge in [0.25, 0.3) is 0 Å². The number of hydrogen-bond acceptors (Lipinski definition) is 6. The highest BCUT2D eigenvalue weighted by atomic mass is 32.1. The quantitative estimate of drug-likeness (QED) is 0.470. The number of nitrogens with one attached hydrogen (secondary N) is 1. The van der Waals surface area contributed by atoms with Crippen molar-refractivity contribution in [3.63, 3.8) is 0 Å². The number of rotatable bonds is 5. The summed E-state index contributed by atoms with van der Waals surface area (Å²) in [6.45, 7) is 4.44. The monoisotopic (exact) mass is 448 g/mol. The molecule has 1 aliphatic heterocycles. The van der Waals surface area contributed by atoms with Crippen LogP contribution in [0, 0.1) is 6.92 Å². The fourth-order valence-corrected chi connectivity index (χ4v) is 5.02. The highest BCUT2D eigenvalue weighted by Crippen LogP contribution is 2.41. The molecule has 2 N–H and O–H groups in total. The van der Waals surface area contributed by atoms with Crippen molar-refractivity contribution in [3.8, 4) is 10.9 Å². The van der Waals surface area contributed by atoms with Crippen LogP contribution < -0.4 is 10.1 Å². The number of carboxylic acid groups (broad SMARTS) is 1. The lowest BCUT2D eigenvalue weighted by molar-refractivity contribution is -0.116. The van der Waals surface area contributed by atoms with Crippen molar-refractivity contribution >= 4 is 39.2 Å². The largest absolute Gasteiger partial charge is 0.494 e. The van der Waals surface area contributed by atoms with Crippen LogP contribution in [0.5, 0.6) is 5.75 Å². The second-order valence-corrected chi connectivity index (χ2v) is 8.56. The minimum Gasteiger partial charge on any atom is -0.494 e. The van der Waals surface area contributed by atoms with Gasteiger partial charge in [-0.25, -0.2) is 9.78 Å². The van der Waals surface area contributed by atoms with Crippen LogP contribution >= 0.6 is 11.3 Å². The van der Waals surface area contributed by atoms with Gasteiger partial charge in [-0.3, -0.25) is 4.79 Å². The van der Waals surface area contributed by atoms with Crippen molar-refractivity contribution in [3.05, 3.63) is 64.8 Å². The standard InChI is InChI=1S/C23H20N4O4S/c1-3-31-15-8-9-17-18(10-15)32-23(24-17)27-21-20(12(2)26-27)16(11-19(28)25-21)13-4-6-14(7-5-13)22(29)30/h4-10,16H,3,11H2,1-2H3,(H,25,28)(H,29,30)/t16-/m1/s1. The molecule has 8 nitrogen and oxygen atoms in total. The fraction of sp³-hybridized carbons (Fsp3) is 0.217. The molecule has 1 aliphatic rings. The van der Waals surface area contributed by atoms with Crippen LogP contribution in [0.3, 0.4) is 0 Å². The average molecular weight is 449 g/mol. The second kappa shape index (κ2) is 7.76. The molecule has 1 atom stereocenters. The SMILES string of the molecule is CCOc1ccc2nc(-n3nc(C)c4c3NC(=O)C[C@@H]4c3ccc(C(=O)O)cc3)sc2c1. The Balaban J connectivity index is 1.59. The first-order valence-electron chi connectivity index (χ1n) is 10.2. The predicted molar refractivity (Wildman–Crippen MR) is 121 cm³/mol. The van der Waals surface area contributed by atoms with Crippen LogP contribution in [0.2, 0.25) is 0 Å². The number of amides is 1. The van der Waals surface area contributed by atoms with E-state index in [0.29, 0.717) is 17.6 Å². The lowest BCUT2D eigenvalue weighted by Crippen LogP contribution is -2.25. The van der Waals surface area contributed by atoms with Crippen LogP contribution in [0.1, 0.15) is 46.4 Å². The number of hydrogen-bond donors (Lipinski definition) is 2. The average Bonchev–Trinajstić information content (AvgIpc) is 3.34. The first-order valence-corrected chi connectivity index (χ1v) is 11.0. The molecule has 2 aromatic heterocycles. The third kappa shape index (κ3) is 3.40. The van der Waals surface area contributed by atoms with Gasteiger partial charge in [-0.05, 0) is 49.7 Å². The molecule has 3 heterocycles. The number of thiazole rings is 1. The van der Waals surface area contributed by atoms with E-state index >= 15 is 0 Å². The number of carbonyl (C=O) groups is 2. The van der Waals surface area contributed by atoms with Crippen molar-refractivity contribution in [1.82, 2.24) is 14.8 Å². The number of carboxylic acids is 1. The topological polar surface area (TPSA) is 106 Å². The number of aromatic nitrogens is 3. The van der Waals surface area contributed by atoms with Gasteiger partial charge in [-0.1, -0.05) is 23.5 Å². The third-order valence-electron chi connectivity index (χ3n) is 5.50. The summed E-state index contributed by atoms with van der Waals surface area (Å²) in [7, 11) is 0. The van der Waals surface area contributed by atoms with Crippen LogP contribution in [0.25, 0.3) is 15.3 Å². The molecule has 32 heavy (non-hydrogen) atoms. The maximum atomic E-state index is 12.6. The molecule has 1 amide bonds. The van der Waals surface area contributed by atoms with Gasteiger partial charge < -0.3 is 15.2 Å². The number of benzene rings is 2. The molecule has 4 aromatic rings. The number of fused-ring (bicyclic) bond motifs is 2. The maximum absolute atomic E-state index is 12.6. The van der Waals surface area contributed by atoms with Gasteiger partial charge in [-0.15, -0.1) is 0 Å². The van der Waals surface area contributed by atoms with Crippen molar-refractivity contribution in [2.75, 3.05) is 11.9 Å². The normalized spacial score (nSPS) is 15.4. The minimum atomic E-state index is -0.981. The Bertz CT molecular complexity index is 1360. The Morgan fingerprint density at radius 2 is 2.06 bits per heavy atom. The van der Waals surface area contributed by atoms with Crippen molar-refractivity contribution in [2.24, 2.45) is 0 Å². The molecule has 0 unspecified atom stereocenters. The van der Waals surface area contributed by atoms with Crippen molar-refractivity contribution < 1.29 is 19.4 Å². The van der Waals surface area contributed by atoms with E-state index in [4.69, 9.17) is 14.8 Å². The van der Waals surface area contributed by atoms with E-state index in [1.807, 2.05) is 32.0 Å². The molecular formula is C23H20N4O4S. The van der Waals surface area contributed by atoms with Crippen molar-refractivity contribution in [2.45, 2.75) is 26.2 Å². The van der Waals surface area contributed by atoms with Gasteiger partial charge in [0.2, 0.25) is 11.0 Å². The number of aryl methyl sites for hydroxylation is 1. The Morgan fingerprint density at radius 1 is 1.28 bits per heavy atom. The second-order valence-electron chi connectivity index (χ2n) is 7.55. The Hall–Kier alpha value is -3.72. The minimum absolute atomic E-state index is 0.120. The number of anilines is 1. The highest BCUT2D eigenvalue weighted by Gasteiger charge is 2.33. The van der Waals surface area contributed by atoms with E-state index in [-0.39, 0.29) is 23.8 Å². The molecule has 162 valence electrons. The van der Waals surface area contributed by atoms with Crippen LogP contribution in [-0.4, -0.2) is 38.4 Å². The summed E-state index contributed by atoms with van der Waals surface area (Å²) in [4.78, 5) is 28.5. The Kier molecular flexibility index (Phi) is 4.90. The summed E-state index contributed by atoms with van der Waals surface area (Å²) >= 11 is 1.47. The van der Waals surface area contributed by atoms with Gasteiger partial charge in [0.1, 0.15) is 11.6 Å². The van der Waals surface area contributed by atoms with Gasteiger partial charge in [-0.2, -0.15) is 9.78 Å². The lowest BCUT2D eigenvalue weighted by atomic mass is 9.85. The fourth-order valence-electron chi connectivity index (χ4n) is 4.07. The summed E-state index contributed by atoms with van der Waals surface area (Å²) in [6.07, 6.45) is 0.267. The Labute approximate surface area is 187 Å². The van der Waals surface area contributed by atoms with E-state index in [1.54, 1.807) is 28.9 Å². The summed E-state index contributed by atoms with van der Waals surface area (Å²) in [5, 5.41) is 17.5. The summed E-state index contributed by atoms with van der Waals surface area (Å²) in [6, 6.07) is 12.4. The van der Waals surface area contributed by atoms with Crippen LogP contribution in [0.15, 0.2) is 42.5 Å². The zero-order valence-corrected chi connectivity index (χ0v) is 18.3. The van der Waals surface area contributed by atoms with E-state index in [0.717, 1.165) is 32.8 Å². The summed E-state index contributed by atoms with van der Waals surface area (Å²) < 4.78 is 8.24. The Morgan fingerprint density at radius 3 is 2.78 bits per heavy atom. The molecule has 9 heteroatoms. The van der Waals surface area contributed by atoms with Gasteiger partial charge in [0.05, 0.1) is 28.1 Å². The first-order chi connectivity index (χ1) is 15.4. The predicted octanol–water partition coefficient (Wildman–Crippen LogP) is 4.36. The summed E-state index contributed by atoms with van der Waals surface area (Å²) in [5.74, 6) is 0.0770. The molecule has 0 fully saturated rings. The first kappa shape index (κ1) is 20.2. The molecule has 0 saturated heterocycles. The smallest absolute Gasteiger partial charge is 0.335 e. The van der Waals surface area contributed by atoms with Crippen LogP contribution in [0.4, 0.5) is 5.82 Å². The van der Waals surface area contributed by atoms with E-state index in [9.17, 15) is 14.7 Å². The van der Waals surface area contributed by atoms with Crippen molar-refractivity contribution in [1.29, 1.82) is 0 Å². The van der Waals surface area contributed by atoms with E-state index in [2.05, 4.69) is 5.32 Å². The third-order valence-corrected chi connectivity index (χ3v) is 6.50. The molecular weight excluding hydrogens is 428 g/mol. The highest BCUT2D eigenvalue weighted by molar-refractivity contribution is 7.20.